The van der Waals surface area contributed by atoms with Crippen LogP contribution < -0.4 is 10.1 Å². The largest absolute Gasteiger partial charge is 0.496 e. The number of Topliss-reactive ketones (excluding diaryl/α,β-unsaturated/α-hetero) is 1. The first-order valence-corrected chi connectivity index (χ1v) is 12.1. The maximum Gasteiger partial charge on any atom is 0.336 e. The molecule has 2 aromatic carbocycles. The third kappa shape index (κ3) is 4.53. The Balaban J connectivity index is 1.81. The van der Waals surface area contributed by atoms with Gasteiger partial charge in [0.2, 0.25) is 0 Å². The number of ether oxygens (including phenoxy) is 2. The Morgan fingerprint density at radius 1 is 1.21 bits per heavy atom. The van der Waals surface area contributed by atoms with Gasteiger partial charge in [0, 0.05) is 35.2 Å². The summed E-state index contributed by atoms with van der Waals surface area (Å²) in [4.78, 5) is 26.7. The molecule has 0 spiro atoms. The number of nitrogens with one attached hydrogen (secondary N) is 1. The predicted octanol–water partition coefficient (Wildman–Crippen LogP) is 5.91. The summed E-state index contributed by atoms with van der Waals surface area (Å²) < 4.78 is 25.3. The van der Waals surface area contributed by atoms with Crippen LogP contribution in [-0.4, -0.2) is 25.5 Å². The summed E-state index contributed by atoms with van der Waals surface area (Å²) in [6.07, 6.45) is 1.57. The fourth-order valence-corrected chi connectivity index (χ4v) is 5.23. The van der Waals surface area contributed by atoms with Crippen LogP contribution in [0.5, 0.6) is 5.75 Å². The lowest BCUT2D eigenvalue weighted by Gasteiger charge is -2.37. The molecule has 178 valence electrons. The summed E-state index contributed by atoms with van der Waals surface area (Å²) in [7, 11) is 1.62. The topological polar surface area (TPSA) is 64.6 Å². The average molecular weight is 528 g/mol. The lowest BCUT2D eigenvalue weighted by molar-refractivity contribution is -0.139. The standard InChI is InChI=1S/C27H27BrFNO4/c1-4-11-34-27(32)24-15(2)30-21-13-17(18-7-5-6-8-23(18)33-3)14-22(31)26(21)25(24)16-9-10-20(29)19(28)12-16/h5-10,12,17,25,30H,4,11,13-14H2,1-3H3/t17-,25+/m1/s1. The molecule has 0 saturated carbocycles. The van der Waals surface area contributed by atoms with Crippen molar-refractivity contribution in [2.45, 2.75) is 44.9 Å². The van der Waals surface area contributed by atoms with Crippen LogP contribution in [0.1, 0.15) is 56.1 Å². The van der Waals surface area contributed by atoms with Gasteiger partial charge in [0.25, 0.3) is 0 Å². The maximum absolute atomic E-state index is 14.0. The molecule has 5 nitrogen and oxygen atoms in total. The molecule has 0 bridgehead atoms. The van der Waals surface area contributed by atoms with Crippen LogP contribution in [0, 0.1) is 5.82 Å². The average Bonchev–Trinajstić information content (AvgIpc) is 2.83. The molecule has 0 aromatic heterocycles. The van der Waals surface area contributed by atoms with Gasteiger partial charge in [0.15, 0.2) is 5.78 Å². The summed E-state index contributed by atoms with van der Waals surface area (Å²) in [5.74, 6) is -0.878. The molecule has 0 fully saturated rings. The minimum absolute atomic E-state index is 0.0524. The fraction of sp³-hybridized carbons (Fsp3) is 0.333. The molecule has 1 N–H and O–H groups in total. The number of carbonyl (C=O) groups is 2. The number of allylic oxidation sites excluding steroid dienone is 3. The van der Waals surface area contributed by atoms with Crippen LogP contribution in [0.2, 0.25) is 0 Å². The molecule has 4 rings (SSSR count). The van der Waals surface area contributed by atoms with Gasteiger partial charge in [-0.15, -0.1) is 0 Å². The Bertz CT molecular complexity index is 1200. The van der Waals surface area contributed by atoms with Crippen molar-refractivity contribution >= 4 is 27.7 Å². The molecule has 1 heterocycles. The van der Waals surface area contributed by atoms with Gasteiger partial charge in [-0.05, 0) is 65.0 Å². The van der Waals surface area contributed by atoms with Crippen LogP contribution in [0.4, 0.5) is 4.39 Å². The molecule has 1 aliphatic carbocycles. The second-order valence-electron chi connectivity index (χ2n) is 8.57. The first-order valence-electron chi connectivity index (χ1n) is 11.3. The first kappa shape index (κ1) is 24.2. The van der Waals surface area contributed by atoms with E-state index in [0.29, 0.717) is 35.2 Å². The van der Waals surface area contributed by atoms with Gasteiger partial charge in [-0.3, -0.25) is 4.79 Å². The lowest BCUT2D eigenvalue weighted by atomic mass is 9.71. The van der Waals surface area contributed by atoms with Gasteiger partial charge in [0.1, 0.15) is 11.6 Å². The number of esters is 1. The number of hydrogen-bond donors (Lipinski definition) is 1. The summed E-state index contributed by atoms with van der Waals surface area (Å²) in [5.41, 5.74) is 3.98. The van der Waals surface area contributed by atoms with E-state index in [2.05, 4.69) is 21.2 Å². The van der Waals surface area contributed by atoms with E-state index >= 15 is 0 Å². The van der Waals surface area contributed by atoms with Crippen molar-refractivity contribution in [1.82, 2.24) is 5.32 Å². The summed E-state index contributed by atoms with van der Waals surface area (Å²) in [6, 6.07) is 12.3. The van der Waals surface area contributed by atoms with E-state index in [0.717, 1.165) is 17.0 Å². The minimum atomic E-state index is -0.636. The molecular formula is C27H27BrFNO4. The molecule has 0 amide bonds. The summed E-state index contributed by atoms with van der Waals surface area (Å²) >= 11 is 3.25. The third-order valence-electron chi connectivity index (χ3n) is 6.34. The van der Waals surface area contributed by atoms with Gasteiger partial charge >= 0.3 is 5.97 Å². The Labute approximate surface area is 207 Å². The highest BCUT2D eigenvalue weighted by atomic mass is 79.9. The molecule has 0 unspecified atom stereocenters. The van der Waals surface area contributed by atoms with Crippen molar-refractivity contribution in [2.24, 2.45) is 0 Å². The highest BCUT2D eigenvalue weighted by molar-refractivity contribution is 9.10. The van der Waals surface area contributed by atoms with Crippen LogP contribution >= 0.6 is 15.9 Å². The number of ketones is 1. The number of rotatable bonds is 6. The third-order valence-corrected chi connectivity index (χ3v) is 6.95. The van der Waals surface area contributed by atoms with Crippen LogP contribution in [0.3, 0.4) is 0 Å². The molecule has 0 radical (unpaired) electrons. The monoisotopic (exact) mass is 527 g/mol. The van der Waals surface area contributed by atoms with Gasteiger partial charge < -0.3 is 14.8 Å². The van der Waals surface area contributed by atoms with Crippen molar-refractivity contribution in [2.75, 3.05) is 13.7 Å². The van der Waals surface area contributed by atoms with Gasteiger partial charge in [-0.2, -0.15) is 0 Å². The SMILES string of the molecule is CCCOC(=O)C1=C(C)NC2=C(C(=O)C[C@H](c3ccccc3OC)C2)[C@H]1c1ccc(F)c(Br)c1. The number of carbonyl (C=O) groups excluding carboxylic acids is 2. The van der Waals surface area contributed by atoms with Gasteiger partial charge in [-0.25, -0.2) is 9.18 Å². The van der Waals surface area contributed by atoms with E-state index in [-0.39, 0.29) is 29.2 Å². The maximum atomic E-state index is 14.0. The Morgan fingerprint density at radius 3 is 2.68 bits per heavy atom. The van der Waals surface area contributed by atoms with Crippen molar-refractivity contribution in [1.29, 1.82) is 0 Å². The number of hydrogen-bond acceptors (Lipinski definition) is 5. The number of halogens is 2. The molecular weight excluding hydrogens is 501 g/mol. The Morgan fingerprint density at radius 2 is 1.97 bits per heavy atom. The van der Waals surface area contributed by atoms with Crippen LogP contribution in [0.15, 0.2) is 69.5 Å². The van der Waals surface area contributed by atoms with E-state index in [1.54, 1.807) is 19.2 Å². The van der Waals surface area contributed by atoms with E-state index in [4.69, 9.17) is 9.47 Å². The van der Waals surface area contributed by atoms with Crippen molar-refractivity contribution in [3.63, 3.8) is 0 Å². The molecule has 1 aliphatic heterocycles. The van der Waals surface area contributed by atoms with Crippen molar-refractivity contribution in [3.8, 4) is 5.75 Å². The molecule has 2 aliphatic rings. The number of para-hydroxylation sites is 1. The quantitative estimate of drug-likeness (QED) is 0.473. The highest BCUT2D eigenvalue weighted by Gasteiger charge is 2.42. The van der Waals surface area contributed by atoms with Gasteiger partial charge in [-0.1, -0.05) is 31.2 Å². The number of methoxy groups -OCH3 is 1. The van der Waals surface area contributed by atoms with Gasteiger partial charge in [0.05, 0.1) is 23.8 Å². The summed E-state index contributed by atoms with van der Waals surface area (Å²) in [5, 5.41) is 3.33. The van der Waals surface area contributed by atoms with Crippen molar-refractivity contribution in [3.05, 3.63) is 86.4 Å². The highest BCUT2D eigenvalue weighted by Crippen LogP contribution is 2.47. The smallest absolute Gasteiger partial charge is 0.336 e. The first-order chi connectivity index (χ1) is 16.3. The van der Waals surface area contributed by atoms with E-state index in [1.807, 2.05) is 38.1 Å². The second-order valence-corrected chi connectivity index (χ2v) is 9.42. The van der Waals surface area contributed by atoms with Crippen molar-refractivity contribution < 1.29 is 23.5 Å². The molecule has 0 saturated heterocycles. The number of benzene rings is 2. The predicted molar refractivity (Wildman–Crippen MR) is 131 cm³/mol. The zero-order valence-corrected chi connectivity index (χ0v) is 21.0. The molecule has 7 heteroatoms. The minimum Gasteiger partial charge on any atom is -0.496 e. The Hall–Kier alpha value is -2.93. The van der Waals surface area contributed by atoms with E-state index < -0.39 is 17.7 Å². The van der Waals surface area contributed by atoms with E-state index in [9.17, 15) is 14.0 Å². The number of dihydropyridines is 1. The zero-order valence-electron chi connectivity index (χ0n) is 19.4. The zero-order chi connectivity index (χ0) is 24.4. The molecule has 34 heavy (non-hydrogen) atoms. The fourth-order valence-electron chi connectivity index (χ4n) is 4.83. The Kier molecular flexibility index (Phi) is 7.22. The van der Waals surface area contributed by atoms with E-state index in [1.165, 1.54) is 6.07 Å². The molecule has 2 aromatic rings. The summed E-state index contributed by atoms with van der Waals surface area (Å²) in [6.45, 7) is 4.02. The van der Waals surface area contributed by atoms with Crippen LogP contribution in [0.25, 0.3) is 0 Å². The molecule has 2 atom stereocenters. The lowest BCUT2D eigenvalue weighted by Crippen LogP contribution is -2.36. The normalized spacial score (nSPS) is 20.1. The van der Waals surface area contributed by atoms with Crippen LogP contribution in [-0.2, 0) is 14.3 Å². The second kappa shape index (κ2) is 10.1.